The van der Waals surface area contributed by atoms with Crippen LogP contribution in [0, 0.1) is 0 Å². The Kier molecular flexibility index (Phi) is 5.41. The topological polar surface area (TPSA) is 76.7 Å². The number of benzene rings is 2. The monoisotopic (exact) mass is 354 g/mol. The van der Waals surface area contributed by atoms with Crippen LogP contribution in [0.25, 0.3) is 0 Å². The Morgan fingerprint density at radius 2 is 1.85 bits per heavy atom. The lowest BCUT2D eigenvalue weighted by atomic mass is 10.00. The highest BCUT2D eigenvalue weighted by molar-refractivity contribution is 6.05. The Morgan fingerprint density at radius 3 is 2.62 bits per heavy atom. The summed E-state index contributed by atoms with van der Waals surface area (Å²) in [6, 6.07) is 10.5. The fourth-order valence-electron chi connectivity index (χ4n) is 2.89. The van der Waals surface area contributed by atoms with E-state index < -0.39 is 0 Å². The lowest BCUT2D eigenvalue weighted by Gasteiger charge is -2.17. The Labute approximate surface area is 152 Å². The first-order valence-corrected chi connectivity index (χ1v) is 8.74. The zero-order valence-corrected chi connectivity index (χ0v) is 14.9. The molecule has 0 unspecified atom stereocenters. The second-order valence-corrected chi connectivity index (χ2v) is 5.86. The predicted octanol–water partition coefficient (Wildman–Crippen LogP) is 3.02. The molecule has 6 nitrogen and oxygen atoms in total. The van der Waals surface area contributed by atoms with Crippen molar-refractivity contribution in [3.63, 3.8) is 0 Å². The SMILES string of the molecule is CCOc1ccc(C(=O)Nc2ccc3c(c2)C(=O)NCC3)cc1OCC. The number of ether oxygens (including phenoxy) is 2. The Morgan fingerprint density at radius 1 is 1.08 bits per heavy atom. The van der Waals surface area contributed by atoms with Gasteiger partial charge in [-0.15, -0.1) is 0 Å². The van der Waals surface area contributed by atoms with Crippen molar-refractivity contribution in [1.82, 2.24) is 5.32 Å². The van der Waals surface area contributed by atoms with Crippen LogP contribution in [0.3, 0.4) is 0 Å². The summed E-state index contributed by atoms with van der Waals surface area (Å²) >= 11 is 0. The van der Waals surface area contributed by atoms with Gasteiger partial charge in [0.15, 0.2) is 11.5 Å². The van der Waals surface area contributed by atoms with E-state index in [1.807, 2.05) is 26.0 Å². The van der Waals surface area contributed by atoms with Crippen LogP contribution in [-0.2, 0) is 6.42 Å². The molecular formula is C20H22N2O4. The molecule has 2 amide bonds. The number of carbonyl (C=O) groups excluding carboxylic acids is 2. The molecule has 6 heteroatoms. The average Bonchev–Trinajstić information content (AvgIpc) is 2.64. The van der Waals surface area contributed by atoms with Crippen LogP contribution >= 0.6 is 0 Å². The molecule has 0 atom stereocenters. The van der Waals surface area contributed by atoms with E-state index in [1.54, 1.807) is 24.3 Å². The van der Waals surface area contributed by atoms with Crippen LogP contribution in [0.5, 0.6) is 11.5 Å². The highest BCUT2D eigenvalue weighted by Crippen LogP contribution is 2.29. The number of fused-ring (bicyclic) bond motifs is 1. The molecule has 0 bridgehead atoms. The predicted molar refractivity (Wildman–Crippen MR) is 99.2 cm³/mol. The number of amides is 2. The van der Waals surface area contributed by atoms with Crippen LogP contribution < -0.4 is 20.1 Å². The maximum Gasteiger partial charge on any atom is 0.255 e. The first kappa shape index (κ1) is 17.8. The third-order valence-corrected chi connectivity index (χ3v) is 4.10. The van der Waals surface area contributed by atoms with Crippen LogP contribution in [0.15, 0.2) is 36.4 Å². The summed E-state index contributed by atoms with van der Waals surface area (Å²) in [5.74, 6) is 0.760. The van der Waals surface area contributed by atoms with Crippen molar-refractivity contribution in [3.8, 4) is 11.5 Å². The van der Waals surface area contributed by atoms with Gasteiger partial charge in [-0.2, -0.15) is 0 Å². The molecule has 1 aliphatic heterocycles. The fraction of sp³-hybridized carbons (Fsp3) is 0.300. The zero-order valence-electron chi connectivity index (χ0n) is 14.9. The van der Waals surface area contributed by atoms with Crippen molar-refractivity contribution in [2.45, 2.75) is 20.3 Å². The summed E-state index contributed by atoms with van der Waals surface area (Å²) in [6.07, 6.45) is 0.798. The normalized spacial score (nSPS) is 12.8. The smallest absolute Gasteiger partial charge is 0.255 e. The van der Waals surface area contributed by atoms with Gasteiger partial charge in [-0.25, -0.2) is 0 Å². The molecule has 26 heavy (non-hydrogen) atoms. The van der Waals surface area contributed by atoms with E-state index in [-0.39, 0.29) is 11.8 Å². The van der Waals surface area contributed by atoms with Gasteiger partial charge < -0.3 is 20.1 Å². The minimum atomic E-state index is -0.273. The Balaban J connectivity index is 1.80. The number of rotatable bonds is 6. The molecule has 0 aromatic heterocycles. The molecule has 0 spiro atoms. The Hall–Kier alpha value is -3.02. The first-order valence-electron chi connectivity index (χ1n) is 8.74. The molecule has 0 fully saturated rings. The number of carbonyl (C=O) groups is 2. The number of anilines is 1. The van der Waals surface area contributed by atoms with Crippen LogP contribution in [0.4, 0.5) is 5.69 Å². The molecule has 2 aromatic carbocycles. The molecule has 0 radical (unpaired) electrons. The van der Waals surface area contributed by atoms with Gasteiger partial charge in [-0.05, 0) is 56.2 Å². The summed E-state index contributed by atoms with van der Waals surface area (Å²) in [5, 5.41) is 5.64. The van der Waals surface area contributed by atoms with Crippen molar-refractivity contribution < 1.29 is 19.1 Å². The van der Waals surface area contributed by atoms with E-state index >= 15 is 0 Å². The van der Waals surface area contributed by atoms with Crippen molar-refractivity contribution in [2.24, 2.45) is 0 Å². The van der Waals surface area contributed by atoms with Crippen LogP contribution in [0.2, 0.25) is 0 Å². The molecule has 1 heterocycles. The Bertz CT molecular complexity index is 833. The van der Waals surface area contributed by atoms with Gasteiger partial charge in [0, 0.05) is 23.4 Å². The average molecular weight is 354 g/mol. The molecule has 136 valence electrons. The molecule has 3 rings (SSSR count). The highest BCUT2D eigenvalue weighted by atomic mass is 16.5. The van der Waals surface area contributed by atoms with E-state index in [0.717, 1.165) is 12.0 Å². The largest absolute Gasteiger partial charge is 0.490 e. The van der Waals surface area contributed by atoms with Gasteiger partial charge in [0.2, 0.25) is 0 Å². The van der Waals surface area contributed by atoms with Gasteiger partial charge in [0.1, 0.15) is 0 Å². The summed E-state index contributed by atoms with van der Waals surface area (Å²) in [7, 11) is 0. The third-order valence-electron chi connectivity index (χ3n) is 4.10. The first-order chi connectivity index (χ1) is 12.6. The lowest BCUT2D eigenvalue weighted by molar-refractivity contribution is 0.0944. The van der Waals surface area contributed by atoms with E-state index in [2.05, 4.69) is 10.6 Å². The second kappa shape index (κ2) is 7.91. The minimum absolute atomic E-state index is 0.109. The van der Waals surface area contributed by atoms with E-state index in [4.69, 9.17) is 9.47 Å². The second-order valence-electron chi connectivity index (χ2n) is 5.86. The van der Waals surface area contributed by atoms with Gasteiger partial charge in [-0.1, -0.05) is 6.07 Å². The summed E-state index contributed by atoms with van der Waals surface area (Å²) in [5.41, 5.74) is 2.64. The molecular weight excluding hydrogens is 332 g/mol. The highest BCUT2D eigenvalue weighted by Gasteiger charge is 2.18. The van der Waals surface area contributed by atoms with Gasteiger partial charge in [-0.3, -0.25) is 9.59 Å². The maximum absolute atomic E-state index is 12.6. The molecule has 0 saturated carbocycles. The number of nitrogens with one attached hydrogen (secondary N) is 2. The lowest BCUT2D eigenvalue weighted by Crippen LogP contribution is -2.31. The van der Waals surface area contributed by atoms with E-state index in [0.29, 0.717) is 48.1 Å². The number of hydrogen-bond donors (Lipinski definition) is 2. The van der Waals surface area contributed by atoms with Crippen LogP contribution in [-0.4, -0.2) is 31.6 Å². The summed E-state index contributed by atoms with van der Waals surface area (Å²) in [4.78, 5) is 24.5. The molecule has 2 aromatic rings. The van der Waals surface area contributed by atoms with Crippen molar-refractivity contribution in [3.05, 3.63) is 53.1 Å². The quantitative estimate of drug-likeness (QED) is 0.836. The zero-order chi connectivity index (χ0) is 18.5. The van der Waals surface area contributed by atoms with E-state index in [1.165, 1.54) is 0 Å². The van der Waals surface area contributed by atoms with Gasteiger partial charge in [0.05, 0.1) is 13.2 Å². The van der Waals surface area contributed by atoms with Crippen molar-refractivity contribution in [1.29, 1.82) is 0 Å². The van der Waals surface area contributed by atoms with E-state index in [9.17, 15) is 9.59 Å². The van der Waals surface area contributed by atoms with Gasteiger partial charge in [0.25, 0.3) is 11.8 Å². The molecule has 1 aliphatic rings. The molecule has 0 saturated heterocycles. The standard InChI is InChI=1S/C20H22N2O4/c1-3-25-17-8-6-14(11-18(17)26-4-2)19(23)22-15-7-5-13-9-10-21-20(24)16(13)12-15/h5-8,11-12H,3-4,9-10H2,1-2H3,(H,21,24)(H,22,23). The fourth-order valence-corrected chi connectivity index (χ4v) is 2.89. The van der Waals surface area contributed by atoms with Crippen molar-refractivity contribution in [2.75, 3.05) is 25.1 Å². The summed E-state index contributed by atoms with van der Waals surface area (Å²) in [6.45, 7) is 5.40. The molecule has 0 aliphatic carbocycles. The molecule has 2 N–H and O–H groups in total. The summed E-state index contributed by atoms with van der Waals surface area (Å²) < 4.78 is 11.1. The van der Waals surface area contributed by atoms with Gasteiger partial charge >= 0.3 is 0 Å². The van der Waals surface area contributed by atoms with Crippen molar-refractivity contribution >= 4 is 17.5 Å². The minimum Gasteiger partial charge on any atom is -0.490 e. The number of hydrogen-bond acceptors (Lipinski definition) is 4. The maximum atomic E-state index is 12.6. The third kappa shape index (κ3) is 3.79. The van der Waals surface area contributed by atoms with Crippen LogP contribution in [0.1, 0.15) is 40.1 Å².